The maximum absolute atomic E-state index is 12.1. The van der Waals surface area contributed by atoms with Crippen molar-refractivity contribution in [1.82, 2.24) is 10.2 Å². The van der Waals surface area contributed by atoms with Crippen LogP contribution in [0.4, 0.5) is 4.79 Å². The van der Waals surface area contributed by atoms with Crippen molar-refractivity contribution in [2.45, 2.75) is 58.7 Å². The standard InChI is InChI=1S/C15H28N2O4/c1-4-13(5-6-14(18)19)7-8-16-15(20)17-9-11(2)21-12(3)10-17/h11-13H,4-10H2,1-3H3,(H,16,20)(H,18,19)/t11-,12+,13?. The zero-order chi connectivity index (χ0) is 15.8. The molecule has 21 heavy (non-hydrogen) atoms. The van der Waals surface area contributed by atoms with Crippen LogP contribution in [0.25, 0.3) is 0 Å². The summed E-state index contributed by atoms with van der Waals surface area (Å²) in [5, 5.41) is 11.6. The first-order valence-electron chi connectivity index (χ1n) is 7.82. The molecule has 1 unspecified atom stereocenters. The van der Waals surface area contributed by atoms with Crippen LogP contribution in [-0.4, -0.2) is 53.8 Å². The smallest absolute Gasteiger partial charge is 0.317 e. The van der Waals surface area contributed by atoms with Gasteiger partial charge < -0.3 is 20.1 Å². The van der Waals surface area contributed by atoms with Gasteiger partial charge in [0.25, 0.3) is 0 Å². The Hall–Kier alpha value is -1.30. The van der Waals surface area contributed by atoms with E-state index in [1.165, 1.54) is 0 Å². The van der Waals surface area contributed by atoms with Gasteiger partial charge in [0.1, 0.15) is 0 Å². The Morgan fingerprint density at radius 1 is 1.29 bits per heavy atom. The Bertz CT molecular complexity index is 339. The second-order valence-corrected chi connectivity index (χ2v) is 5.89. The molecule has 2 amide bonds. The molecule has 1 rings (SSSR count). The molecule has 0 aromatic heterocycles. The van der Waals surface area contributed by atoms with Gasteiger partial charge in [-0.2, -0.15) is 0 Å². The number of carbonyl (C=O) groups is 2. The quantitative estimate of drug-likeness (QED) is 0.754. The van der Waals surface area contributed by atoms with Gasteiger partial charge >= 0.3 is 12.0 Å². The van der Waals surface area contributed by atoms with Crippen LogP contribution < -0.4 is 5.32 Å². The fraction of sp³-hybridized carbons (Fsp3) is 0.867. The van der Waals surface area contributed by atoms with Crippen LogP contribution in [0.3, 0.4) is 0 Å². The summed E-state index contributed by atoms with van der Waals surface area (Å²) in [4.78, 5) is 24.5. The fourth-order valence-electron chi connectivity index (χ4n) is 2.72. The monoisotopic (exact) mass is 300 g/mol. The van der Waals surface area contributed by atoms with E-state index in [1.54, 1.807) is 4.90 Å². The Balaban J connectivity index is 2.27. The fourth-order valence-corrected chi connectivity index (χ4v) is 2.72. The third kappa shape index (κ3) is 6.80. The van der Waals surface area contributed by atoms with Crippen molar-refractivity contribution in [1.29, 1.82) is 0 Å². The van der Waals surface area contributed by atoms with Crippen LogP contribution in [-0.2, 0) is 9.53 Å². The Morgan fingerprint density at radius 3 is 2.43 bits per heavy atom. The van der Waals surface area contributed by atoms with E-state index in [0.717, 1.165) is 12.8 Å². The van der Waals surface area contributed by atoms with Gasteiger partial charge in [-0.1, -0.05) is 13.3 Å². The Labute approximate surface area is 126 Å². The molecule has 1 fully saturated rings. The predicted molar refractivity (Wildman–Crippen MR) is 80.2 cm³/mol. The molecule has 122 valence electrons. The van der Waals surface area contributed by atoms with Gasteiger partial charge in [0.15, 0.2) is 0 Å². The minimum atomic E-state index is -0.756. The van der Waals surface area contributed by atoms with E-state index in [2.05, 4.69) is 12.2 Å². The molecule has 0 radical (unpaired) electrons. The summed E-state index contributed by atoms with van der Waals surface area (Å²) in [7, 11) is 0. The number of carboxylic acid groups (broad SMARTS) is 1. The molecule has 1 heterocycles. The number of morpholine rings is 1. The molecule has 6 heteroatoms. The predicted octanol–water partition coefficient (Wildman–Crippen LogP) is 2.09. The third-order valence-electron chi connectivity index (χ3n) is 3.88. The lowest BCUT2D eigenvalue weighted by Gasteiger charge is -2.35. The number of rotatable bonds is 7. The Kier molecular flexibility index (Phi) is 7.50. The van der Waals surface area contributed by atoms with E-state index in [-0.39, 0.29) is 24.7 Å². The van der Waals surface area contributed by atoms with E-state index < -0.39 is 5.97 Å². The summed E-state index contributed by atoms with van der Waals surface area (Å²) < 4.78 is 5.60. The average molecular weight is 300 g/mol. The molecule has 0 aliphatic carbocycles. The highest BCUT2D eigenvalue weighted by molar-refractivity contribution is 5.74. The zero-order valence-electron chi connectivity index (χ0n) is 13.3. The molecule has 0 aromatic rings. The lowest BCUT2D eigenvalue weighted by molar-refractivity contribution is -0.137. The van der Waals surface area contributed by atoms with Gasteiger partial charge in [0, 0.05) is 26.1 Å². The molecule has 3 atom stereocenters. The van der Waals surface area contributed by atoms with Gasteiger partial charge in [-0.15, -0.1) is 0 Å². The van der Waals surface area contributed by atoms with Crippen LogP contribution in [0.5, 0.6) is 0 Å². The highest BCUT2D eigenvalue weighted by Gasteiger charge is 2.25. The highest BCUT2D eigenvalue weighted by atomic mass is 16.5. The SMILES string of the molecule is CCC(CCNC(=O)N1C[C@@H](C)O[C@@H](C)C1)CCC(=O)O. The molecule has 0 saturated carbocycles. The number of carbonyl (C=O) groups excluding carboxylic acids is 1. The number of hydrogen-bond donors (Lipinski definition) is 2. The maximum atomic E-state index is 12.1. The van der Waals surface area contributed by atoms with E-state index in [0.29, 0.717) is 32.0 Å². The lowest BCUT2D eigenvalue weighted by atomic mass is 9.97. The molecule has 0 spiro atoms. The van der Waals surface area contributed by atoms with E-state index >= 15 is 0 Å². The Morgan fingerprint density at radius 2 is 1.90 bits per heavy atom. The molecular weight excluding hydrogens is 272 g/mol. The number of hydrogen-bond acceptors (Lipinski definition) is 3. The van der Waals surface area contributed by atoms with Gasteiger partial charge in [-0.3, -0.25) is 4.79 Å². The van der Waals surface area contributed by atoms with Gasteiger partial charge in [-0.05, 0) is 32.6 Å². The zero-order valence-corrected chi connectivity index (χ0v) is 13.3. The normalized spacial score (nSPS) is 23.7. The van der Waals surface area contributed by atoms with Gasteiger partial charge in [0.05, 0.1) is 12.2 Å². The second-order valence-electron chi connectivity index (χ2n) is 5.89. The summed E-state index contributed by atoms with van der Waals surface area (Å²) >= 11 is 0. The summed E-state index contributed by atoms with van der Waals surface area (Å²) in [5.74, 6) is -0.405. The van der Waals surface area contributed by atoms with Gasteiger partial charge in [-0.25, -0.2) is 4.79 Å². The van der Waals surface area contributed by atoms with Crippen LogP contribution >= 0.6 is 0 Å². The first-order valence-corrected chi connectivity index (χ1v) is 7.82. The number of carboxylic acids is 1. The molecule has 0 aromatic carbocycles. The van der Waals surface area contributed by atoms with Crippen molar-refractivity contribution in [3.05, 3.63) is 0 Å². The van der Waals surface area contributed by atoms with Crippen LogP contribution in [0.2, 0.25) is 0 Å². The minimum absolute atomic E-state index is 0.0508. The van der Waals surface area contributed by atoms with E-state index in [1.807, 2.05) is 13.8 Å². The molecular formula is C15H28N2O4. The first kappa shape index (κ1) is 17.8. The number of nitrogens with one attached hydrogen (secondary N) is 1. The molecule has 1 saturated heterocycles. The first-order chi connectivity index (χ1) is 9.92. The summed E-state index contributed by atoms with van der Waals surface area (Å²) in [6.07, 6.45) is 2.77. The van der Waals surface area contributed by atoms with Crippen molar-refractivity contribution >= 4 is 12.0 Å². The number of aliphatic carboxylic acids is 1. The van der Waals surface area contributed by atoms with E-state index in [4.69, 9.17) is 9.84 Å². The summed E-state index contributed by atoms with van der Waals surface area (Å²) in [5.41, 5.74) is 0. The van der Waals surface area contributed by atoms with Crippen molar-refractivity contribution in [3.8, 4) is 0 Å². The largest absolute Gasteiger partial charge is 0.481 e. The number of urea groups is 1. The maximum Gasteiger partial charge on any atom is 0.317 e. The molecule has 1 aliphatic rings. The molecule has 6 nitrogen and oxygen atoms in total. The summed E-state index contributed by atoms with van der Waals surface area (Å²) in [6, 6.07) is -0.0508. The highest BCUT2D eigenvalue weighted by Crippen LogP contribution is 2.15. The molecule has 0 bridgehead atoms. The number of amides is 2. The van der Waals surface area contributed by atoms with Crippen molar-refractivity contribution in [2.24, 2.45) is 5.92 Å². The van der Waals surface area contributed by atoms with Crippen LogP contribution in [0, 0.1) is 5.92 Å². The van der Waals surface area contributed by atoms with Crippen LogP contribution in [0.15, 0.2) is 0 Å². The minimum Gasteiger partial charge on any atom is -0.481 e. The summed E-state index contributed by atoms with van der Waals surface area (Å²) in [6.45, 7) is 7.82. The third-order valence-corrected chi connectivity index (χ3v) is 3.88. The molecule has 2 N–H and O–H groups in total. The van der Waals surface area contributed by atoms with Crippen molar-refractivity contribution < 1.29 is 19.4 Å². The van der Waals surface area contributed by atoms with Crippen molar-refractivity contribution in [3.63, 3.8) is 0 Å². The van der Waals surface area contributed by atoms with Gasteiger partial charge in [0.2, 0.25) is 0 Å². The molecule has 1 aliphatic heterocycles. The number of ether oxygens (including phenoxy) is 1. The second kappa shape index (κ2) is 8.87. The number of nitrogens with zero attached hydrogens (tertiary/aromatic N) is 1. The van der Waals surface area contributed by atoms with Crippen molar-refractivity contribution in [2.75, 3.05) is 19.6 Å². The van der Waals surface area contributed by atoms with E-state index in [9.17, 15) is 9.59 Å². The topological polar surface area (TPSA) is 78.9 Å². The average Bonchev–Trinajstić information content (AvgIpc) is 2.41. The lowest BCUT2D eigenvalue weighted by Crippen LogP contribution is -2.51. The van der Waals surface area contributed by atoms with Crippen LogP contribution in [0.1, 0.15) is 46.5 Å².